The molecular formula is C16H11ClN2OS. The van der Waals surface area contributed by atoms with Crippen molar-refractivity contribution in [3.05, 3.63) is 61.8 Å². The van der Waals surface area contributed by atoms with Crippen LogP contribution in [0, 0.1) is 0 Å². The fraction of sp³-hybridized carbons (Fsp3) is 0.125. The minimum absolute atomic E-state index is 0.00733. The van der Waals surface area contributed by atoms with E-state index in [1.54, 1.807) is 34.1 Å². The lowest BCUT2D eigenvalue weighted by atomic mass is 10.2. The van der Waals surface area contributed by atoms with Gasteiger partial charge in [-0.05, 0) is 47.7 Å². The van der Waals surface area contributed by atoms with Gasteiger partial charge in [-0.15, -0.1) is 11.3 Å². The molecule has 3 nitrogen and oxygen atoms in total. The third kappa shape index (κ3) is 2.11. The molecule has 0 amide bonds. The summed E-state index contributed by atoms with van der Waals surface area (Å²) in [6.07, 6.45) is 2.96. The smallest absolute Gasteiger partial charge is 0.261 e. The van der Waals surface area contributed by atoms with Gasteiger partial charge in [0, 0.05) is 16.4 Å². The van der Waals surface area contributed by atoms with Gasteiger partial charge in [0.1, 0.15) is 5.82 Å². The summed E-state index contributed by atoms with van der Waals surface area (Å²) in [5.74, 6) is 0.781. The fourth-order valence-electron chi connectivity index (χ4n) is 2.67. The monoisotopic (exact) mass is 314 g/mol. The van der Waals surface area contributed by atoms with Gasteiger partial charge in [-0.1, -0.05) is 17.7 Å². The molecule has 3 aromatic rings. The van der Waals surface area contributed by atoms with Gasteiger partial charge in [0.05, 0.1) is 10.9 Å². The number of benzene rings is 1. The van der Waals surface area contributed by atoms with Gasteiger partial charge in [-0.3, -0.25) is 9.36 Å². The number of hydrogen-bond donors (Lipinski definition) is 0. The van der Waals surface area contributed by atoms with Crippen LogP contribution in [0.3, 0.4) is 0 Å². The summed E-state index contributed by atoms with van der Waals surface area (Å²) >= 11 is 7.66. The molecule has 0 N–H and O–H groups in total. The standard InChI is InChI=1S/C16H11ClN2OS/c17-11-3-4-14-13(9-11)16(20)19-6-5-10(15(19)18-14)8-12-2-1-7-21-12/h1-4,7-9H,5-6H2/b10-8+. The van der Waals surface area contributed by atoms with E-state index in [2.05, 4.69) is 17.1 Å². The van der Waals surface area contributed by atoms with Crippen LogP contribution in [0.5, 0.6) is 0 Å². The van der Waals surface area contributed by atoms with Crippen LogP contribution in [0.15, 0.2) is 40.5 Å². The summed E-state index contributed by atoms with van der Waals surface area (Å²) in [4.78, 5) is 18.4. The summed E-state index contributed by atoms with van der Waals surface area (Å²) in [5.41, 5.74) is 1.81. The zero-order chi connectivity index (χ0) is 14.4. The highest BCUT2D eigenvalue weighted by Crippen LogP contribution is 2.29. The van der Waals surface area contributed by atoms with Crippen molar-refractivity contribution in [2.45, 2.75) is 13.0 Å². The summed E-state index contributed by atoms with van der Waals surface area (Å²) in [5, 5.41) is 3.20. The zero-order valence-electron chi connectivity index (χ0n) is 11.0. The molecule has 0 unspecified atom stereocenters. The van der Waals surface area contributed by atoms with E-state index in [1.165, 1.54) is 4.88 Å². The van der Waals surface area contributed by atoms with Gasteiger partial charge in [-0.2, -0.15) is 0 Å². The summed E-state index contributed by atoms with van der Waals surface area (Å²) in [6.45, 7) is 0.681. The van der Waals surface area contributed by atoms with E-state index in [0.29, 0.717) is 22.5 Å². The largest absolute Gasteiger partial charge is 0.292 e. The predicted octanol–water partition coefficient (Wildman–Crippen LogP) is 4.06. The number of nitrogens with zero attached hydrogens (tertiary/aromatic N) is 2. The molecule has 3 heterocycles. The maximum Gasteiger partial charge on any atom is 0.261 e. The van der Waals surface area contributed by atoms with Crippen molar-refractivity contribution in [2.24, 2.45) is 0 Å². The molecule has 104 valence electrons. The first-order valence-corrected chi connectivity index (χ1v) is 7.93. The molecule has 1 aliphatic rings. The molecule has 5 heteroatoms. The second kappa shape index (κ2) is 4.83. The van der Waals surface area contributed by atoms with Gasteiger partial charge >= 0.3 is 0 Å². The lowest BCUT2D eigenvalue weighted by Gasteiger charge is -2.05. The van der Waals surface area contributed by atoms with Crippen LogP contribution in [0.25, 0.3) is 22.6 Å². The highest BCUT2D eigenvalue weighted by Gasteiger charge is 2.20. The van der Waals surface area contributed by atoms with Crippen LogP contribution in [-0.4, -0.2) is 9.55 Å². The van der Waals surface area contributed by atoms with Crippen molar-refractivity contribution in [3.63, 3.8) is 0 Å². The number of rotatable bonds is 1. The Morgan fingerprint density at radius 3 is 3.05 bits per heavy atom. The average molecular weight is 315 g/mol. The molecule has 1 aliphatic heterocycles. The van der Waals surface area contributed by atoms with Crippen molar-refractivity contribution in [1.82, 2.24) is 9.55 Å². The van der Waals surface area contributed by atoms with Crippen LogP contribution in [0.1, 0.15) is 17.1 Å². The topological polar surface area (TPSA) is 34.9 Å². The maximum absolute atomic E-state index is 12.6. The van der Waals surface area contributed by atoms with Gasteiger partial charge in [-0.25, -0.2) is 4.98 Å². The first-order chi connectivity index (χ1) is 10.2. The molecule has 0 fully saturated rings. The third-order valence-corrected chi connectivity index (χ3v) is 4.72. The molecule has 0 spiro atoms. The van der Waals surface area contributed by atoms with Gasteiger partial charge < -0.3 is 0 Å². The van der Waals surface area contributed by atoms with E-state index in [-0.39, 0.29) is 5.56 Å². The van der Waals surface area contributed by atoms with Crippen LogP contribution < -0.4 is 5.56 Å². The van der Waals surface area contributed by atoms with E-state index < -0.39 is 0 Å². The fourth-order valence-corrected chi connectivity index (χ4v) is 3.53. The predicted molar refractivity (Wildman–Crippen MR) is 87.8 cm³/mol. The first kappa shape index (κ1) is 12.8. The second-order valence-corrected chi connectivity index (χ2v) is 6.40. The SMILES string of the molecule is O=c1c2cc(Cl)ccc2nc2n1CC/C2=C\c1cccs1. The number of aromatic nitrogens is 2. The van der Waals surface area contributed by atoms with Gasteiger partial charge in [0.25, 0.3) is 5.56 Å². The van der Waals surface area contributed by atoms with Crippen molar-refractivity contribution in [1.29, 1.82) is 0 Å². The molecule has 4 rings (SSSR count). The van der Waals surface area contributed by atoms with Crippen molar-refractivity contribution in [3.8, 4) is 0 Å². The molecule has 0 saturated carbocycles. The molecular weight excluding hydrogens is 304 g/mol. The summed E-state index contributed by atoms with van der Waals surface area (Å²) in [7, 11) is 0. The number of fused-ring (bicyclic) bond motifs is 2. The van der Waals surface area contributed by atoms with Crippen LogP contribution in [-0.2, 0) is 6.54 Å². The Hall–Kier alpha value is -1.91. The minimum Gasteiger partial charge on any atom is -0.292 e. The first-order valence-electron chi connectivity index (χ1n) is 6.67. The van der Waals surface area contributed by atoms with Crippen LogP contribution >= 0.6 is 22.9 Å². The van der Waals surface area contributed by atoms with Crippen molar-refractivity contribution < 1.29 is 0 Å². The molecule has 0 aliphatic carbocycles. The van der Waals surface area contributed by atoms with Crippen LogP contribution in [0.2, 0.25) is 5.02 Å². The third-order valence-electron chi connectivity index (χ3n) is 3.67. The van der Waals surface area contributed by atoms with Gasteiger partial charge in [0.2, 0.25) is 0 Å². The molecule has 0 saturated heterocycles. The van der Waals surface area contributed by atoms with E-state index in [4.69, 9.17) is 11.6 Å². The number of halogens is 1. The quantitative estimate of drug-likeness (QED) is 0.679. The normalized spacial score (nSPS) is 15.8. The molecule has 2 aromatic heterocycles. The Morgan fingerprint density at radius 2 is 2.24 bits per heavy atom. The minimum atomic E-state index is -0.00733. The summed E-state index contributed by atoms with van der Waals surface area (Å²) in [6, 6.07) is 9.36. The number of hydrogen-bond acceptors (Lipinski definition) is 3. The highest BCUT2D eigenvalue weighted by atomic mass is 35.5. The second-order valence-electron chi connectivity index (χ2n) is 4.99. The van der Waals surface area contributed by atoms with Crippen molar-refractivity contribution >= 4 is 45.5 Å². The molecule has 0 bridgehead atoms. The molecule has 0 radical (unpaired) electrons. The van der Waals surface area contributed by atoms with E-state index in [1.807, 2.05) is 11.4 Å². The average Bonchev–Trinajstić information content (AvgIpc) is 3.11. The Morgan fingerprint density at radius 1 is 1.33 bits per heavy atom. The Balaban J connectivity index is 1.96. The van der Waals surface area contributed by atoms with E-state index in [0.717, 1.165) is 17.8 Å². The zero-order valence-corrected chi connectivity index (χ0v) is 12.6. The lowest BCUT2D eigenvalue weighted by Crippen LogP contribution is -2.20. The lowest BCUT2D eigenvalue weighted by molar-refractivity contribution is 0.725. The Labute approximate surface area is 130 Å². The van der Waals surface area contributed by atoms with Gasteiger partial charge in [0.15, 0.2) is 0 Å². The van der Waals surface area contributed by atoms with E-state index >= 15 is 0 Å². The van der Waals surface area contributed by atoms with Crippen LogP contribution in [0.4, 0.5) is 0 Å². The maximum atomic E-state index is 12.6. The molecule has 0 atom stereocenters. The number of thiophene rings is 1. The van der Waals surface area contributed by atoms with E-state index in [9.17, 15) is 4.79 Å². The highest BCUT2D eigenvalue weighted by molar-refractivity contribution is 7.10. The Kier molecular flexibility index (Phi) is 2.94. The summed E-state index contributed by atoms with van der Waals surface area (Å²) < 4.78 is 1.75. The Bertz CT molecular complexity index is 925. The number of allylic oxidation sites excluding steroid dienone is 1. The van der Waals surface area contributed by atoms with Crippen molar-refractivity contribution in [2.75, 3.05) is 0 Å². The molecule has 1 aromatic carbocycles. The molecule has 21 heavy (non-hydrogen) atoms.